The second-order valence-corrected chi connectivity index (χ2v) is 17.1. The van der Waals surface area contributed by atoms with Crippen LogP contribution in [0.3, 0.4) is 0 Å². The molecule has 5 aromatic rings. The molecule has 10 nitrogen and oxygen atoms in total. The zero-order valence-electron chi connectivity index (χ0n) is 34.9. The first-order valence-corrected chi connectivity index (χ1v) is 21.7. The average molecular weight is 805 g/mol. The lowest BCUT2D eigenvalue weighted by Crippen LogP contribution is -2.55. The molecule has 310 valence electrons. The number of rotatable bonds is 16. The molecule has 0 N–H and O–H groups in total. The molecule has 6 fully saturated rings. The molecule has 4 unspecified atom stereocenters. The molecule has 10 heteroatoms. The minimum Gasteiger partial charge on any atom is -0.497 e. The van der Waals surface area contributed by atoms with Crippen molar-refractivity contribution in [2.45, 2.75) is 75.7 Å². The lowest BCUT2D eigenvalue weighted by atomic mass is 9.73. The molecule has 0 radical (unpaired) electrons. The minimum atomic E-state index is -0.337. The molecule has 10 atom stereocenters. The summed E-state index contributed by atoms with van der Waals surface area (Å²) < 4.78 is 25.9. The number of pyridine rings is 2. The second-order valence-electron chi connectivity index (χ2n) is 17.1. The van der Waals surface area contributed by atoms with Crippen molar-refractivity contribution in [2.75, 3.05) is 40.4 Å². The molecule has 0 aliphatic carbocycles. The number of terminal acetylenes is 1. The fourth-order valence-electron chi connectivity index (χ4n) is 10.7. The summed E-state index contributed by atoms with van der Waals surface area (Å²) in [6, 6.07) is 18.6. The van der Waals surface area contributed by atoms with Gasteiger partial charge in [-0.3, -0.25) is 19.8 Å². The number of nitrogens with zero attached hydrogens (tertiary/aromatic N) is 6. The molecule has 0 saturated carbocycles. The Bertz CT molecular complexity index is 2400. The van der Waals surface area contributed by atoms with E-state index in [9.17, 15) is 0 Å². The van der Waals surface area contributed by atoms with Crippen molar-refractivity contribution in [3.8, 4) is 35.6 Å². The van der Waals surface area contributed by atoms with Crippen LogP contribution in [-0.2, 0) is 6.42 Å². The number of ether oxygens (including phenoxy) is 4. The van der Waals surface area contributed by atoms with E-state index in [4.69, 9.17) is 45.5 Å². The van der Waals surface area contributed by atoms with Gasteiger partial charge in [-0.2, -0.15) is 0 Å². The maximum absolute atomic E-state index is 7.29. The Kier molecular flexibility index (Phi) is 11.7. The molecule has 2 aromatic carbocycles. The van der Waals surface area contributed by atoms with Gasteiger partial charge in [0.1, 0.15) is 23.7 Å². The van der Waals surface area contributed by atoms with Gasteiger partial charge in [-0.1, -0.05) is 12.2 Å². The van der Waals surface area contributed by atoms with E-state index >= 15 is 0 Å². The highest BCUT2D eigenvalue weighted by atomic mass is 16.5. The fraction of sp³-hybridized carbons (Fsp3) is 0.440. The van der Waals surface area contributed by atoms with Crippen LogP contribution >= 0.6 is 0 Å². The van der Waals surface area contributed by atoms with Gasteiger partial charge in [-0.05, 0) is 130 Å². The Morgan fingerprint density at radius 1 is 0.750 bits per heavy atom. The van der Waals surface area contributed by atoms with Crippen molar-refractivity contribution < 1.29 is 18.9 Å². The van der Waals surface area contributed by atoms with E-state index in [1.165, 1.54) is 0 Å². The first kappa shape index (κ1) is 39.9. The third-order valence-electron chi connectivity index (χ3n) is 13.9. The summed E-state index contributed by atoms with van der Waals surface area (Å²) in [5, 5.41) is 11.8. The van der Waals surface area contributed by atoms with Crippen molar-refractivity contribution in [1.82, 2.24) is 30.0 Å². The van der Waals surface area contributed by atoms with Crippen molar-refractivity contribution in [1.29, 1.82) is 0 Å². The summed E-state index contributed by atoms with van der Waals surface area (Å²) in [5.74, 6) is 7.40. The number of unbranched alkanes of at least 4 members (excludes halogenated alkanes) is 2. The van der Waals surface area contributed by atoms with E-state index in [0.29, 0.717) is 41.9 Å². The van der Waals surface area contributed by atoms with Crippen LogP contribution in [0.5, 0.6) is 23.3 Å². The number of piperidine rings is 6. The van der Waals surface area contributed by atoms with Crippen molar-refractivity contribution in [3.05, 3.63) is 109 Å². The van der Waals surface area contributed by atoms with E-state index < -0.39 is 0 Å². The number of hydrogen-bond donors (Lipinski definition) is 0. The summed E-state index contributed by atoms with van der Waals surface area (Å²) in [7, 11) is 3.40. The largest absolute Gasteiger partial charge is 0.497 e. The smallest absolute Gasteiger partial charge is 0.237 e. The summed E-state index contributed by atoms with van der Waals surface area (Å²) >= 11 is 0. The van der Waals surface area contributed by atoms with E-state index in [-0.39, 0.29) is 24.3 Å². The predicted octanol–water partition coefficient (Wildman–Crippen LogP) is 8.97. The van der Waals surface area contributed by atoms with Crippen molar-refractivity contribution >= 4 is 21.8 Å². The number of fused-ring (bicyclic) bond motifs is 8. The highest BCUT2D eigenvalue weighted by Crippen LogP contribution is 2.46. The lowest BCUT2D eigenvalue weighted by molar-refractivity contribution is -0.0391. The standard InChI is InChI=1S/C50H56N6O4/c1-6-9-10-11-12-36-27-47(59-48(45-25-34-19-23-55(45)30-32(34)7-2)39-17-21-51-43-15-13-37(57-4)28-41(39)43)53-54-50(36)60-49(46-26-35-20-24-56(46)31-33(35)8-3)40-18-22-52-44-16-14-38(58-5)29-42(40)44/h1,7-8,13-18,21-22,27-29,32-35,45-46,48-49H,2-3,9-12,19-20,23-26,30-31H2,4-5H3/t32-,33-,34?,35?,45+,46+,48-,49-/m0/s1. The van der Waals surface area contributed by atoms with E-state index in [2.05, 4.69) is 71.4 Å². The van der Waals surface area contributed by atoms with Gasteiger partial charge in [0.05, 0.1) is 37.3 Å². The van der Waals surface area contributed by atoms with Gasteiger partial charge >= 0.3 is 0 Å². The molecule has 0 spiro atoms. The summed E-state index contributed by atoms with van der Waals surface area (Å²) in [6.45, 7) is 12.4. The number of methoxy groups -OCH3 is 2. The molecule has 9 heterocycles. The highest BCUT2D eigenvalue weighted by Gasteiger charge is 2.46. The normalized spacial score (nSPS) is 26.6. The van der Waals surface area contributed by atoms with Crippen molar-refractivity contribution in [2.24, 2.45) is 23.7 Å². The molecule has 4 bridgehead atoms. The fourth-order valence-corrected chi connectivity index (χ4v) is 10.7. The quantitative estimate of drug-likeness (QED) is 0.0547. The van der Waals surface area contributed by atoms with Gasteiger partial charge in [0.2, 0.25) is 11.8 Å². The number of benzene rings is 2. The van der Waals surface area contributed by atoms with Gasteiger partial charge in [-0.15, -0.1) is 35.7 Å². The lowest BCUT2D eigenvalue weighted by Gasteiger charge is -2.51. The summed E-state index contributed by atoms with van der Waals surface area (Å²) in [5.41, 5.74) is 4.86. The molecule has 11 rings (SSSR count). The maximum Gasteiger partial charge on any atom is 0.237 e. The van der Waals surface area contributed by atoms with Crippen LogP contribution in [0.2, 0.25) is 0 Å². The Balaban J connectivity index is 1.11. The first-order chi connectivity index (χ1) is 29.5. The first-order valence-electron chi connectivity index (χ1n) is 21.7. The Morgan fingerprint density at radius 2 is 1.32 bits per heavy atom. The van der Waals surface area contributed by atoms with Gasteiger partial charge in [0.25, 0.3) is 0 Å². The van der Waals surface area contributed by atoms with Crippen LogP contribution in [-0.4, -0.2) is 82.4 Å². The highest BCUT2D eigenvalue weighted by molar-refractivity contribution is 5.85. The van der Waals surface area contributed by atoms with E-state index in [1.807, 2.05) is 36.7 Å². The predicted molar refractivity (Wildman–Crippen MR) is 235 cm³/mol. The molecule has 0 amide bonds. The van der Waals surface area contributed by atoms with Crippen LogP contribution in [0.25, 0.3) is 21.8 Å². The summed E-state index contributed by atoms with van der Waals surface area (Å²) in [6.07, 6.45) is 20.6. The minimum absolute atomic E-state index is 0.125. The molecule has 6 aliphatic heterocycles. The topological polar surface area (TPSA) is 95.0 Å². The second kappa shape index (κ2) is 17.6. The van der Waals surface area contributed by atoms with Crippen LogP contribution in [0.4, 0.5) is 0 Å². The zero-order chi connectivity index (χ0) is 41.2. The van der Waals surface area contributed by atoms with Crippen LogP contribution < -0.4 is 18.9 Å². The van der Waals surface area contributed by atoms with E-state index in [1.54, 1.807) is 14.2 Å². The number of hydrogen-bond acceptors (Lipinski definition) is 10. The molecule has 6 aliphatic rings. The molecule has 3 aromatic heterocycles. The number of aromatic nitrogens is 4. The summed E-state index contributed by atoms with van der Waals surface area (Å²) in [4.78, 5) is 14.6. The average Bonchev–Trinajstić information content (AvgIpc) is 3.31. The van der Waals surface area contributed by atoms with Crippen LogP contribution in [0, 0.1) is 36.0 Å². The zero-order valence-corrected chi connectivity index (χ0v) is 34.9. The Labute approximate surface area is 354 Å². The van der Waals surface area contributed by atoms with Crippen LogP contribution in [0.15, 0.2) is 92.3 Å². The van der Waals surface area contributed by atoms with E-state index in [0.717, 1.165) is 121 Å². The SMILES string of the molecule is C#CCCCCc1cc(O[C@@H](c2ccnc3ccc(OC)cc23)[C@H]2CC3CCN2C[C@@H]3C=C)nnc1O[C@@H](c1ccnc2ccc(OC)cc12)[C@H]1CC2CCN1C[C@@H]2C=C. The van der Waals surface area contributed by atoms with Gasteiger partial charge < -0.3 is 18.9 Å². The Morgan fingerprint density at radius 3 is 1.82 bits per heavy atom. The van der Waals surface area contributed by atoms with Gasteiger partial charge in [0, 0.05) is 65.4 Å². The molecular weight excluding hydrogens is 749 g/mol. The van der Waals surface area contributed by atoms with Crippen LogP contribution in [0.1, 0.15) is 73.8 Å². The maximum atomic E-state index is 7.29. The molecule has 60 heavy (non-hydrogen) atoms. The Hall–Kier alpha value is -5.50. The molecule has 6 saturated heterocycles. The number of aryl methyl sites for hydroxylation is 1. The third-order valence-corrected chi connectivity index (χ3v) is 13.9. The monoisotopic (exact) mass is 804 g/mol. The third kappa shape index (κ3) is 7.81. The van der Waals surface area contributed by atoms with Gasteiger partial charge in [-0.25, -0.2) is 0 Å². The van der Waals surface area contributed by atoms with Crippen molar-refractivity contribution in [3.63, 3.8) is 0 Å². The molecular formula is C50H56N6O4. The van der Waals surface area contributed by atoms with Gasteiger partial charge in [0.15, 0.2) is 0 Å².